The van der Waals surface area contributed by atoms with E-state index >= 15 is 0 Å². The van der Waals surface area contributed by atoms with Crippen molar-refractivity contribution in [2.45, 2.75) is 71.7 Å². The number of benzene rings is 2. The molecule has 8 N–H and O–H groups in total. The van der Waals surface area contributed by atoms with Crippen molar-refractivity contribution in [1.82, 2.24) is 26.6 Å². The fraction of sp³-hybridized carbons (Fsp3) is 0.441. The molecule has 2 rings (SSSR count). The molecule has 250 valence electrons. The lowest BCUT2D eigenvalue weighted by molar-refractivity contribution is -0.131. The summed E-state index contributed by atoms with van der Waals surface area (Å²) in [6, 6.07) is 16.3. The maximum absolute atomic E-state index is 13.5. The highest BCUT2D eigenvalue weighted by Gasteiger charge is 2.29. The Morgan fingerprint density at radius 2 is 1.48 bits per heavy atom. The molecule has 0 spiro atoms. The minimum Gasteiger partial charge on any atom is -0.445 e. The SMILES string of the molecule is CC(C)CC(NC(=O)C(CCCNC(=N)N)NC(=O)OCc1ccccc1)C(=O)N[C@H](CNC(=O)/C=C/c1ccccc1)C(C)C. The Morgan fingerprint density at radius 1 is 0.848 bits per heavy atom. The van der Waals surface area contributed by atoms with E-state index in [0.29, 0.717) is 19.4 Å². The molecular weight excluding hydrogens is 586 g/mol. The number of hydrogen-bond acceptors (Lipinski definition) is 6. The molecule has 2 aromatic rings. The van der Waals surface area contributed by atoms with Gasteiger partial charge in [0.1, 0.15) is 18.7 Å². The molecular formula is C34H49N7O5. The van der Waals surface area contributed by atoms with E-state index in [1.165, 1.54) is 6.08 Å². The molecule has 0 saturated heterocycles. The molecule has 0 bridgehead atoms. The van der Waals surface area contributed by atoms with Crippen LogP contribution < -0.4 is 32.3 Å². The van der Waals surface area contributed by atoms with E-state index in [0.717, 1.165) is 11.1 Å². The van der Waals surface area contributed by atoms with Gasteiger partial charge in [0.05, 0.1) is 0 Å². The molecule has 0 aliphatic carbocycles. The van der Waals surface area contributed by atoms with Crippen LogP contribution >= 0.6 is 0 Å². The topological polar surface area (TPSA) is 188 Å². The molecule has 0 saturated carbocycles. The zero-order chi connectivity index (χ0) is 33.9. The highest BCUT2D eigenvalue weighted by molar-refractivity contribution is 5.92. The number of guanidine groups is 1. The maximum Gasteiger partial charge on any atom is 0.408 e. The van der Waals surface area contributed by atoms with Crippen molar-refractivity contribution in [2.75, 3.05) is 13.1 Å². The normalized spacial score (nSPS) is 13.0. The van der Waals surface area contributed by atoms with E-state index in [2.05, 4.69) is 26.6 Å². The molecule has 12 nitrogen and oxygen atoms in total. The Labute approximate surface area is 271 Å². The molecule has 2 aromatic carbocycles. The van der Waals surface area contributed by atoms with Gasteiger partial charge in [0.2, 0.25) is 17.7 Å². The predicted molar refractivity (Wildman–Crippen MR) is 179 cm³/mol. The first-order valence-corrected chi connectivity index (χ1v) is 15.6. The molecule has 0 fully saturated rings. The van der Waals surface area contributed by atoms with E-state index in [4.69, 9.17) is 15.9 Å². The summed E-state index contributed by atoms with van der Waals surface area (Å²) >= 11 is 0. The molecule has 0 aromatic heterocycles. The summed E-state index contributed by atoms with van der Waals surface area (Å²) < 4.78 is 5.32. The summed E-state index contributed by atoms with van der Waals surface area (Å²) in [7, 11) is 0. The Morgan fingerprint density at radius 3 is 2.09 bits per heavy atom. The summed E-state index contributed by atoms with van der Waals surface area (Å²) in [4.78, 5) is 52.1. The highest BCUT2D eigenvalue weighted by atomic mass is 16.5. The van der Waals surface area contributed by atoms with Gasteiger partial charge in [-0.15, -0.1) is 0 Å². The summed E-state index contributed by atoms with van der Waals surface area (Å²) in [5.41, 5.74) is 7.05. The predicted octanol–water partition coefficient (Wildman–Crippen LogP) is 3.05. The second-order valence-electron chi connectivity index (χ2n) is 11.8. The number of nitrogens with one attached hydrogen (secondary N) is 6. The molecule has 0 aliphatic rings. The Hall–Kier alpha value is -4.87. The molecule has 3 atom stereocenters. The lowest BCUT2D eigenvalue weighted by atomic mass is 9.99. The first-order valence-electron chi connectivity index (χ1n) is 15.6. The van der Waals surface area contributed by atoms with Gasteiger partial charge in [0.25, 0.3) is 0 Å². The van der Waals surface area contributed by atoms with Gasteiger partial charge in [-0.3, -0.25) is 19.8 Å². The first kappa shape index (κ1) is 37.3. The number of rotatable bonds is 18. The van der Waals surface area contributed by atoms with E-state index in [1.807, 2.05) is 88.4 Å². The van der Waals surface area contributed by atoms with Crippen LogP contribution in [0.2, 0.25) is 0 Å². The fourth-order valence-electron chi connectivity index (χ4n) is 4.42. The van der Waals surface area contributed by atoms with Crippen LogP contribution in [0.15, 0.2) is 66.7 Å². The standard InChI is InChI=1S/C34H49N7O5/c1-23(2)20-28(32(44)40-29(24(3)4)21-38-30(42)18-17-25-12-7-5-8-13-25)39-31(43)27(16-11-19-37-33(35)36)41-34(45)46-22-26-14-9-6-10-15-26/h5-10,12-15,17-18,23-24,27-29H,11,16,19-22H2,1-4H3,(H,38,42)(H,39,43)(H,40,44)(H,41,45)(H4,35,36,37)/b18-17+/t27?,28?,29-/m1/s1. The van der Waals surface area contributed by atoms with E-state index in [9.17, 15) is 19.2 Å². The van der Waals surface area contributed by atoms with Crippen LogP contribution in [0.3, 0.4) is 0 Å². The van der Waals surface area contributed by atoms with Gasteiger partial charge in [-0.05, 0) is 48.3 Å². The molecule has 0 aliphatic heterocycles. The second-order valence-corrected chi connectivity index (χ2v) is 11.8. The van der Waals surface area contributed by atoms with Crippen LogP contribution in [-0.2, 0) is 25.7 Å². The molecule has 46 heavy (non-hydrogen) atoms. The third-order valence-corrected chi connectivity index (χ3v) is 7.00. The Balaban J connectivity index is 2.06. The van der Waals surface area contributed by atoms with Crippen molar-refractivity contribution in [3.8, 4) is 0 Å². The zero-order valence-corrected chi connectivity index (χ0v) is 27.2. The van der Waals surface area contributed by atoms with Crippen molar-refractivity contribution in [2.24, 2.45) is 17.6 Å². The Kier molecular flexibility index (Phi) is 16.4. The number of amides is 4. The monoisotopic (exact) mass is 635 g/mol. The van der Waals surface area contributed by atoms with Crippen LogP contribution in [0, 0.1) is 17.2 Å². The molecule has 12 heteroatoms. The largest absolute Gasteiger partial charge is 0.445 e. The number of nitrogens with two attached hydrogens (primary N) is 1. The van der Waals surface area contributed by atoms with Crippen LogP contribution in [-0.4, -0.2) is 61.0 Å². The zero-order valence-electron chi connectivity index (χ0n) is 27.2. The van der Waals surface area contributed by atoms with E-state index in [-0.39, 0.29) is 43.3 Å². The van der Waals surface area contributed by atoms with Gasteiger partial charge < -0.3 is 37.1 Å². The average Bonchev–Trinajstić information content (AvgIpc) is 3.02. The fourth-order valence-corrected chi connectivity index (χ4v) is 4.42. The van der Waals surface area contributed by atoms with Crippen molar-refractivity contribution >= 4 is 35.9 Å². The summed E-state index contributed by atoms with van der Waals surface area (Å²) in [5, 5.41) is 21.3. The molecule has 0 heterocycles. The van der Waals surface area contributed by atoms with Crippen molar-refractivity contribution in [3.63, 3.8) is 0 Å². The summed E-state index contributed by atoms with van der Waals surface area (Å²) in [5.74, 6) is -1.37. The molecule has 2 unspecified atom stereocenters. The minimum absolute atomic E-state index is 0.0136. The summed E-state index contributed by atoms with van der Waals surface area (Å²) in [6.07, 6.45) is 3.35. The van der Waals surface area contributed by atoms with E-state index < -0.39 is 36.0 Å². The summed E-state index contributed by atoms with van der Waals surface area (Å²) in [6.45, 7) is 8.29. The quantitative estimate of drug-likeness (QED) is 0.0567. The average molecular weight is 636 g/mol. The van der Waals surface area contributed by atoms with Gasteiger partial charge in [0, 0.05) is 25.2 Å². The van der Waals surface area contributed by atoms with Crippen molar-refractivity contribution in [3.05, 3.63) is 77.9 Å². The number of carbonyl (C=O) groups is 4. The highest BCUT2D eigenvalue weighted by Crippen LogP contribution is 2.10. The van der Waals surface area contributed by atoms with Crippen LogP contribution in [0.25, 0.3) is 6.08 Å². The third-order valence-electron chi connectivity index (χ3n) is 7.00. The first-order chi connectivity index (χ1) is 21.9. The minimum atomic E-state index is -1.00. The van der Waals surface area contributed by atoms with Gasteiger partial charge in [0.15, 0.2) is 5.96 Å². The molecule has 4 amide bonds. The lowest BCUT2D eigenvalue weighted by Crippen LogP contribution is -2.57. The second kappa shape index (κ2) is 20.2. The number of hydrogen-bond donors (Lipinski definition) is 7. The third kappa shape index (κ3) is 15.2. The number of ether oxygens (including phenoxy) is 1. The molecule has 0 radical (unpaired) electrons. The van der Waals surface area contributed by atoms with Crippen LogP contribution in [0.4, 0.5) is 4.79 Å². The Bertz CT molecular complexity index is 1290. The number of carbonyl (C=O) groups excluding carboxylic acids is 4. The van der Waals surface area contributed by atoms with Crippen LogP contribution in [0.1, 0.15) is 58.1 Å². The van der Waals surface area contributed by atoms with Gasteiger partial charge in [-0.1, -0.05) is 88.4 Å². The number of alkyl carbamates (subject to hydrolysis) is 1. The smallest absolute Gasteiger partial charge is 0.408 e. The van der Waals surface area contributed by atoms with Crippen molar-refractivity contribution in [1.29, 1.82) is 5.41 Å². The van der Waals surface area contributed by atoms with Crippen LogP contribution in [0.5, 0.6) is 0 Å². The maximum atomic E-state index is 13.5. The lowest BCUT2D eigenvalue weighted by Gasteiger charge is -2.28. The van der Waals surface area contributed by atoms with Gasteiger partial charge in [-0.2, -0.15) is 0 Å². The van der Waals surface area contributed by atoms with Gasteiger partial charge >= 0.3 is 6.09 Å². The van der Waals surface area contributed by atoms with Gasteiger partial charge in [-0.25, -0.2) is 4.79 Å². The van der Waals surface area contributed by atoms with Crippen molar-refractivity contribution < 1.29 is 23.9 Å². The van der Waals surface area contributed by atoms with E-state index in [1.54, 1.807) is 6.08 Å².